The largest absolute Gasteiger partial charge is 0.495 e. The molecule has 4 heterocycles. The number of fused-ring (bicyclic) bond motifs is 4. The monoisotopic (exact) mass is 1190 g/mol. The van der Waals surface area contributed by atoms with Crippen LogP contribution in [0.5, 0.6) is 5.75 Å². The fourth-order valence-corrected chi connectivity index (χ4v) is 11.9. The first kappa shape index (κ1) is 65.5. The third kappa shape index (κ3) is 17.4. The molecule has 4 N–H and O–H groups in total. The molecule has 81 heavy (non-hydrogen) atoms. The van der Waals surface area contributed by atoms with E-state index in [1.54, 1.807) is 38.1 Å². The van der Waals surface area contributed by atoms with Gasteiger partial charge in [-0.25, -0.2) is 29.3 Å². The van der Waals surface area contributed by atoms with Crippen LogP contribution in [0.2, 0.25) is 5.02 Å². The van der Waals surface area contributed by atoms with E-state index >= 15 is 0 Å². The average molecular weight is 1190 g/mol. The van der Waals surface area contributed by atoms with Gasteiger partial charge in [0, 0.05) is 83.8 Å². The Balaban J connectivity index is 1.19. The minimum absolute atomic E-state index is 0.000294. The fourth-order valence-electron chi connectivity index (χ4n) is 9.15. The van der Waals surface area contributed by atoms with Gasteiger partial charge >= 0.3 is 23.7 Å². The van der Waals surface area contributed by atoms with Crippen LogP contribution in [0.25, 0.3) is 0 Å². The second kappa shape index (κ2) is 28.1. The molecule has 2 saturated heterocycles. The number of rotatable bonds is 19. The number of amides is 6. The molecule has 7 atom stereocenters. The van der Waals surface area contributed by atoms with Crippen LogP contribution in [0.4, 0.5) is 10.5 Å². The number of hydrogen-bond donors (Lipinski definition) is 4. The van der Waals surface area contributed by atoms with Crippen molar-refractivity contribution in [2.45, 2.75) is 160 Å². The SMILES string of the molecule is COc1cc2cc(c1Cl)N(C)C(=O)C[C@H](OC(=O)[C@H](C)N(C)C(=O)CCSSC(C)(C)CC(=O)N/N=C(/C)c1nn(CCCC(=O)ON3C(=O)CCC3=O)c(=O)n1C)C(C)(O)C[C@H](C)[C@@H]1C[C@@](O)(NC(=O)O1)[C@H](OC)/C=C/C=C(\C)C2. The number of carbonyl (C=O) groups excluding carboxylic acids is 8. The van der Waals surface area contributed by atoms with E-state index in [1.807, 2.05) is 26.8 Å². The van der Waals surface area contributed by atoms with Gasteiger partial charge in [0.05, 0.1) is 24.8 Å². The maximum Gasteiger partial charge on any atom is 0.409 e. The molecule has 446 valence electrons. The van der Waals surface area contributed by atoms with Gasteiger partial charge in [-0.15, -0.1) is 10.2 Å². The van der Waals surface area contributed by atoms with Crippen molar-refractivity contribution in [3.8, 4) is 5.75 Å². The number of hydrogen-bond acceptors (Lipinski definition) is 20. The zero-order valence-electron chi connectivity index (χ0n) is 47.7. The maximum absolute atomic E-state index is 14.3. The number of halogens is 1. The minimum atomic E-state index is -1.98. The van der Waals surface area contributed by atoms with Crippen LogP contribution >= 0.6 is 33.2 Å². The number of imide groups is 1. The molecule has 3 aliphatic rings. The summed E-state index contributed by atoms with van der Waals surface area (Å²) in [5.74, 6) is -4.36. The van der Waals surface area contributed by atoms with E-state index in [-0.39, 0.29) is 85.9 Å². The summed E-state index contributed by atoms with van der Waals surface area (Å²) in [5.41, 5.74) is 0.182. The highest BCUT2D eigenvalue weighted by molar-refractivity contribution is 8.77. The van der Waals surface area contributed by atoms with Gasteiger partial charge in [-0.1, -0.05) is 63.9 Å². The van der Waals surface area contributed by atoms with Gasteiger partial charge in [0.2, 0.25) is 17.7 Å². The zero-order chi connectivity index (χ0) is 60.3. The first-order valence-electron chi connectivity index (χ1n) is 26.1. The van der Waals surface area contributed by atoms with Crippen molar-refractivity contribution < 1.29 is 72.4 Å². The smallest absolute Gasteiger partial charge is 0.409 e. The van der Waals surface area contributed by atoms with Crippen molar-refractivity contribution in [1.82, 2.24) is 35.1 Å². The van der Waals surface area contributed by atoms with Gasteiger partial charge in [0.1, 0.15) is 40.8 Å². The molecule has 2 fully saturated rings. The second-order valence-corrected chi connectivity index (χ2v) is 24.7. The number of aliphatic hydroxyl groups is 2. The molecule has 28 heteroatoms. The molecule has 0 radical (unpaired) electrons. The van der Waals surface area contributed by atoms with Gasteiger partial charge in [0.25, 0.3) is 11.8 Å². The number of alkyl carbamates (subject to hydrolysis) is 1. The Morgan fingerprint density at radius 2 is 1.74 bits per heavy atom. The number of anilines is 1. The van der Waals surface area contributed by atoms with Crippen LogP contribution in [0.1, 0.15) is 118 Å². The number of nitrogens with one attached hydrogen (secondary N) is 2. The summed E-state index contributed by atoms with van der Waals surface area (Å²) in [4.78, 5) is 124. The Labute approximate surface area is 482 Å². The molecule has 1 aromatic carbocycles. The first-order valence-corrected chi connectivity index (χ1v) is 28.8. The van der Waals surface area contributed by atoms with Crippen molar-refractivity contribution in [1.29, 1.82) is 0 Å². The van der Waals surface area contributed by atoms with Gasteiger partial charge in [-0.05, 0) is 84.4 Å². The Kier molecular flexibility index (Phi) is 22.8. The lowest BCUT2D eigenvalue weighted by Gasteiger charge is -2.43. The molecule has 3 aliphatic heterocycles. The molecule has 0 aliphatic carbocycles. The predicted octanol–water partition coefficient (Wildman–Crippen LogP) is 4.26. The molecule has 6 amide bonds. The van der Waals surface area contributed by atoms with Gasteiger partial charge < -0.3 is 43.8 Å². The second-order valence-electron chi connectivity index (χ2n) is 21.2. The van der Waals surface area contributed by atoms with E-state index in [0.29, 0.717) is 17.2 Å². The minimum Gasteiger partial charge on any atom is -0.495 e. The highest BCUT2D eigenvalue weighted by Gasteiger charge is 2.49. The fraction of sp³-hybridized carbons (Fsp3) is 0.604. The van der Waals surface area contributed by atoms with Crippen molar-refractivity contribution in [2.24, 2.45) is 18.1 Å². The molecule has 0 spiro atoms. The van der Waals surface area contributed by atoms with E-state index < -0.39 is 106 Å². The summed E-state index contributed by atoms with van der Waals surface area (Å²) in [6.45, 7) is 11.6. The normalized spacial score (nSPS) is 24.6. The van der Waals surface area contributed by atoms with E-state index in [1.165, 1.54) is 85.2 Å². The quantitative estimate of drug-likeness (QED) is 0.0381. The van der Waals surface area contributed by atoms with E-state index in [0.717, 1.165) is 15.8 Å². The molecular formula is C53H74ClN9O16S2. The molecule has 5 rings (SSSR count). The number of allylic oxidation sites excluding steroid dienone is 3. The van der Waals surface area contributed by atoms with Crippen molar-refractivity contribution in [3.63, 3.8) is 0 Å². The number of esters is 1. The first-order chi connectivity index (χ1) is 37.9. The lowest BCUT2D eigenvalue weighted by molar-refractivity contribution is -0.197. The van der Waals surface area contributed by atoms with E-state index in [9.17, 15) is 53.4 Å². The Morgan fingerprint density at radius 3 is 2.40 bits per heavy atom. The van der Waals surface area contributed by atoms with Crippen molar-refractivity contribution in [3.05, 3.63) is 62.8 Å². The number of aryl methyl sites for hydroxylation is 1. The molecule has 2 aromatic rings. The number of hydroxylamine groups is 2. The third-order valence-electron chi connectivity index (χ3n) is 13.9. The number of hydrazone groups is 1. The summed E-state index contributed by atoms with van der Waals surface area (Å²) in [6.07, 6.45) is -0.0402. The van der Waals surface area contributed by atoms with Crippen LogP contribution in [0.15, 0.2) is 45.8 Å². The summed E-state index contributed by atoms with van der Waals surface area (Å²) in [6, 6.07) is 2.27. The van der Waals surface area contributed by atoms with Gasteiger partial charge in [-0.2, -0.15) is 5.10 Å². The van der Waals surface area contributed by atoms with Gasteiger partial charge in [0.15, 0.2) is 11.5 Å². The van der Waals surface area contributed by atoms with Gasteiger partial charge in [-0.3, -0.25) is 33.9 Å². The summed E-state index contributed by atoms with van der Waals surface area (Å²) >= 11 is 6.79. The number of nitrogens with zero attached hydrogens (tertiary/aromatic N) is 7. The Morgan fingerprint density at radius 1 is 1.06 bits per heavy atom. The molecule has 1 unspecified atom stereocenters. The maximum atomic E-state index is 14.3. The number of ether oxygens (including phenoxy) is 4. The van der Waals surface area contributed by atoms with Crippen LogP contribution < -0.4 is 26.1 Å². The highest BCUT2D eigenvalue weighted by Crippen LogP contribution is 2.40. The van der Waals surface area contributed by atoms with E-state index in [2.05, 4.69) is 20.9 Å². The number of carbonyl (C=O) groups is 8. The van der Waals surface area contributed by atoms with Crippen LogP contribution in [0.3, 0.4) is 0 Å². The topological polar surface area (TPSA) is 309 Å². The zero-order valence-corrected chi connectivity index (χ0v) is 50.1. The van der Waals surface area contributed by atoms with Crippen molar-refractivity contribution >= 4 is 92.2 Å². The molecule has 25 nitrogen and oxygen atoms in total. The van der Waals surface area contributed by atoms with Crippen LogP contribution in [0, 0.1) is 5.92 Å². The standard InChI is InChI=1S/C53H74ClN9O16S2/c1-30-15-13-16-38(76-12)53(74)28-37(77-49(71)55-53)31(2)27-52(7,73)39(26-44(68)60(9)35-24-34(23-30)25-36(75-11)46(35)54)78-48(70)33(4)59(8)41(65)20-22-80-81-51(5,6)29-40(64)57-56-32(3)47-58-62(50(72)61(47)10)21-14-17-45(69)79-63-42(66)18-19-43(63)67/h13,15-16,24-25,31,33,37-39,73-74H,14,17-23,26-29H2,1-12H3,(H,55,71)(H,57,64)/b16-13+,30-15+,56-32-/t31-,33-,37-,38+,39-,52?,53-/m0/s1. The highest BCUT2D eigenvalue weighted by atomic mass is 35.5. The number of methoxy groups -OCH3 is 2. The van der Waals surface area contributed by atoms with Crippen LogP contribution in [-0.2, 0) is 72.6 Å². The molecule has 1 aromatic heterocycles. The number of benzene rings is 1. The molecular weight excluding hydrogens is 1120 g/mol. The predicted molar refractivity (Wildman–Crippen MR) is 301 cm³/mol. The summed E-state index contributed by atoms with van der Waals surface area (Å²) < 4.78 is 24.5. The summed E-state index contributed by atoms with van der Waals surface area (Å²) in [7, 11) is 9.90. The third-order valence-corrected chi connectivity index (χ3v) is 17.6. The Bertz CT molecular complexity index is 2850. The lowest BCUT2D eigenvalue weighted by atomic mass is 9.81. The lowest BCUT2D eigenvalue weighted by Crippen LogP contribution is -2.63. The summed E-state index contributed by atoms with van der Waals surface area (Å²) in [5, 5.41) is 35.6. The van der Waals surface area contributed by atoms with Crippen LogP contribution in [-0.4, -0.2) is 162 Å². The Hall–Kier alpha value is -6.26. The molecule has 0 saturated carbocycles. The number of likely N-dealkylation sites (N-methyl/N-ethyl adjacent to an activating group) is 1. The molecule has 4 bridgehead atoms. The average Bonchev–Trinajstić information content (AvgIpc) is 3.97. The number of aromatic nitrogens is 3. The van der Waals surface area contributed by atoms with E-state index in [4.69, 9.17) is 35.4 Å². The van der Waals surface area contributed by atoms with Crippen molar-refractivity contribution in [2.75, 3.05) is 39.0 Å².